The number of halogens is 1. The summed E-state index contributed by atoms with van der Waals surface area (Å²) in [5.74, 6) is 0.983. The highest BCUT2D eigenvalue weighted by molar-refractivity contribution is 7.80. The van der Waals surface area contributed by atoms with Gasteiger partial charge in [-0.25, -0.2) is 4.98 Å². The van der Waals surface area contributed by atoms with Gasteiger partial charge >= 0.3 is 0 Å². The van der Waals surface area contributed by atoms with E-state index in [-0.39, 0.29) is 5.41 Å². The number of hydrogen-bond acceptors (Lipinski definition) is 3. The van der Waals surface area contributed by atoms with Crippen LogP contribution in [0, 0.1) is 0 Å². The third-order valence-corrected chi connectivity index (χ3v) is 7.24. The van der Waals surface area contributed by atoms with Crippen LogP contribution in [-0.4, -0.2) is 16.6 Å². The van der Waals surface area contributed by atoms with Crippen LogP contribution in [0.1, 0.15) is 42.4 Å². The van der Waals surface area contributed by atoms with Gasteiger partial charge in [-0.2, -0.15) is 0 Å². The zero-order valence-corrected chi connectivity index (χ0v) is 19.6. The molecular weight excluding hydrogens is 436 g/mol. The molecule has 0 bridgehead atoms. The molecule has 1 aliphatic heterocycles. The Labute approximate surface area is 200 Å². The molecule has 4 nitrogen and oxygen atoms in total. The predicted octanol–water partition coefficient (Wildman–Crippen LogP) is 6.05. The molecule has 6 heteroatoms. The molecule has 2 N–H and O–H groups in total. The standard InChI is InChI=1S/C26H27ClN4S/c27-22-9-5-8-21(14-22)26(12-3-4-13-26)18-29-25(32)30-23-10-11-24(28-15-23)31-16-19-6-1-2-7-20(19)17-31/h1-2,5-11,14-15H,3-4,12-13,16-18H2,(H2,29,30,32). The smallest absolute Gasteiger partial charge is 0.170 e. The van der Waals surface area contributed by atoms with Crippen molar-refractivity contribution in [3.05, 3.63) is 88.6 Å². The minimum absolute atomic E-state index is 0.0868. The summed E-state index contributed by atoms with van der Waals surface area (Å²) in [5, 5.41) is 8.17. The van der Waals surface area contributed by atoms with Crippen LogP contribution in [0.2, 0.25) is 5.02 Å². The monoisotopic (exact) mass is 462 g/mol. The van der Waals surface area contributed by atoms with Gasteiger partial charge in [0.25, 0.3) is 0 Å². The van der Waals surface area contributed by atoms with E-state index in [1.54, 1.807) is 0 Å². The van der Waals surface area contributed by atoms with Gasteiger partial charge < -0.3 is 15.5 Å². The van der Waals surface area contributed by atoms with E-state index in [0.717, 1.165) is 49.0 Å². The van der Waals surface area contributed by atoms with Crippen LogP contribution in [0.15, 0.2) is 66.9 Å². The normalized spacial score (nSPS) is 16.6. The number of nitrogens with zero attached hydrogens (tertiary/aromatic N) is 2. The first kappa shape index (κ1) is 21.2. The first-order chi connectivity index (χ1) is 15.6. The Morgan fingerprint density at radius 1 is 1.00 bits per heavy atom. The van der Waals surface area contributed by atoms with Crippen LogP contribution in [0.25, 0.3) is 0 Å². The number of anilines is 2. The van der Waals surface area contributed by atoms with E-state index < -0.39 is 0 Å². The molecule has 0 spiro atoms. The van der Waals surface area contributed by atoms with Gasteiger partial charge in [-0.1, -0.05) is 60.8 Å². The number of hydrogen-bond donors (Lipinski definition) is 2. The second-order valence-electron chi connectivity index (χ2n) is 8.84. The van der Waals surface area contributed by atoms with Crippen LogP contribution in [0.5, 0.6) is 0 Å². The maximum Gasteiger partial charge on any atom is 0.170 e. The van der Waals surface area contributed by atoms with Crippen molar-refractivity contribution in [2.24, 2.45) is 0 Å². The van der Waals surface area contributed by atoms with Crippen molar-refractivity contribution in [2.45, 2.75) is 44.2 Å². The van der Waals surface area contributed by atoms with E-state index in [1.165, 1.54) is 29.5 Å². The fourth-order valence-corrected chi connectivity index (χ4v) is 5.38. The maximum atomic E-state index is 6.27. The average Bonchev–Trinajstić information content (AvgIpc) is 3.46. The third kappa shape index (κ3) is 4.45. The Balaban J connectivity index is 1.19. The van der Waals surface area contributed by atoms with Crippen molar-refractivity contribution in [1.82, 2.24) is 10.3 Å². The van der Waals surface area contributed by atoms with Crippen molar-refractivity contribution in [1.29, 1.82) is 0 Å². The summed E-state index contributed by atoms with van der Waals surface area (Å²) in [6.45, 7) is 2.61. The quantitative estimate of drug-likeness (QED) is 0.451. The van der Waals surface area contributed by atoms with Crippen molar-refractivity contribution >= 4 is 40.4 Å². The summed E-state index contributed by atoms with van der Waals surface area (Å²) < 4.78 is 0. The highest BCUT2D eigenvalue weighted by Gasteiger charge is 2.35. The zero-order valence-electron chi connectivity index (χ0n) is 18.0. The molecule has 1 aromatic heterocycles. The van der Waals surface area contributed by atoms with Crippen LogP contribution in [0.4, 0.5) is 11.5 Å². The summed E-state index contributed by atoms with van der Waals surface area (Å²) in [4.78, 5) is 6.96. The van der Waals surface area contributed by atoms with Gasteiger partial charge in [0.05, 0.1) is 11.9 Å². The van der Waals surface area contributed by atoms with E-state index in [2.05, 4.69) is 63.0 Å². The van der Waals surface area contributed by atoms with Crippen LogP contribution in [-0.2, 0) is 18.5 Å². The number of thiocarbonyl (C=S) groups is 1. The van der Waals surface area contributed by atoms with Gasteiger partial charge in [-0.05, 0) is 66.0 Å². The lowest BCUT2D eigenvalue weighted by Gasteiger charge is -2.31. The van der Waals surface area contributed by atoms with Gasteiger partial charge in [0.2, 0.25) is 0 Å². The molecule has 2 heterocycles. The second-order valence-corrected chi connectivity index (χ2v) is 9.68. The number of rotatable bonds is 5. The van der Waals surface area contributed by atoms with Crippen LogP contribution >= 0.6 is 23.8 Å². The fourth-order valence-electron chi connectivity index (χ4n) is 5.00. The molecule has 2 aliphatic rings. The molecule has 0 unspecified atom stereocenters. The topological polar surface area (TPSA) is 40.2 Å². The molecule has 0 atom stereocenters. The Bertz CT molecular complexity index is 1080. The largest absolute Gasteiger partial charge is 0.362 e. The summed E-state index contributed by atoms with van der Waals surface area (Å²) in [7, 11) is 0. The molecule has 2 aromatic carbocycles. The van der Waals surface area contributed by atoms with Crippen molar-refractivity contribution in [3.63, 3.8) is 0 Å². The SMILES string of the molecule is S=C(NCC1(c2cccc(Cl)c2)CCCC1)Nc1ccc(N2Cc3ccccc3C2)nc1. The Hall–Kier alpha value is -2.63. The lowest BCUT2D eigenvalue weighted by atomic mass is 9.79. The molecule has 1 fully saturated rings. The van der Waals surface area contributed by atoms with E-state index >= 15 is 0 Å². The number of benzene rings is 2. The fraction of sp³-hybridized carbons (Fsp3) is 0.308. The van der Waals surface area contributed by atoms with Crippen molar-refractivity contribution < 1.29 is 0 Å². The molecule has 3 aromatic rings. The van der Waals surface area contributed by atoms with Gasteiger partial charge in [0, 0.05) is 30.1 Å². The number of aromatic nitrogens is 1. The van der Waals surface area contributed by atoms with Crippen molar-refractivity contribution in [2.75, 3.05) is 16.8 Å². The molecule has 164 valence electrons. The Kier molecular flexibility index (Phi) is 6.03. The summed E-state index contributed by atoms with van der Waals surface area (Å²) >= 11 is 11.9. The van der Waals surface area contributed by atoms with Gasteiger partial charge in [-0.15, -0.1) is 0 Å². The molecule has 1 saturated carbocycles. The van der Waals surface area contributed by atoms with Crippen LogP contribution < -0.4 is 15.5 Å². The molecule has 0 amide bonds. The van der Waals surface area contributed by atoms with Crippen LogP contribution in [0.3, 0.4) is 0 Å². The Morgan fingerprint density at radius 2 is 1.75 bits per heavy atom. The summed E-state index contributed by atoms with van der Waals surface area (Å²) in [6, 6.07) is 20.9. The lowest BCUT2D eigenvalue weighted by Crippen LogP contribution is -2.40. The average molecular weight is 463 g/mol. The molecule has 0 radical (unpaired) electrons. The Morgan fingerprint density at radius 3 is 2.41 bits per heavy atom. The van der Waals surface area contributed by atoms with Crippen molar-refractivity contribution in [3.8, 4) is 0 Å². The van der Waals surface area contributed by atoms with Gasteiger partial charge in [0.1, 0.15) is 5.82 Å². The molecule has 32 heavy (non-hydrogen) atoms. The number of pyridine rings is 1. The molecule has 0 saturated heterocycles. The molecule has 1 aliphatic carbocycles. The van der Waals surface area contributed by atoms with E-state index in [9.17, 15) is 0 Å². The predicted molar refractivity (Wildman–Crippen MR) is 136 cm³/mol. The van der Waals surface area contributed by atoms with E-state index in [4.69, 9.17) is 23.8 Å². The highest BCUT2D eigenvalue weighted by atomic mass is 35.5. The number of nitrogens with one attached hydrogen (secondary N) is 2. The molecular formula is C26H27ClN4S. The van der Waals surface area contributed by atoms with Gasteiger partial charge in [-0.3, -0.25) is 0 Å². The second kappa shape index (κ2) is 9.08. The minimum atomic E-state index is 0.0868. The van der Waals surface area contributed by atoms with E-state index in [0.29, 0.717) is 5.11 Å². The zero-order chi connectivity index (χ0) is 22.0. The number of fused-ring (bicyclic) bond motifs is 1. The maximum absolute atomic E-state index is 6.27. The van der Waals surface area contributed by atoms with E-state index in [1.807, 2.05) is 24.4 Å². The lowest BCUT2D eigenvalue weighted by molar-refractivity contribution is 0.435. The third-order valence-electron chi connectivity index (χ3n) is 6.76. The first-order valence-corrected chi connectivity index (χ1v) is 12.0. The minimum Gasteiger partial charge on any atom is -0.362 e. The summed E-state index contributed by atoms with van der Waals surface area (Å²) in [6.07, 6.45) is 6.63. The highest BCUT2D eigenvalue weighted by Crippen LogP contribution is 2.41. The summed E-state index contributed by atoms with van der Waals surface area (Å²) in [5.41, 5.74) is 5.04. The van der Waals surface area contributed by atoms with Gasteiger partial charge in [0.15, 0.2) is 5.11 Å². The first-order valence-electron chi connectivity index (χ1n) is 11.2. The molecule has 5 rings (SSSR count).